The molecule has 0 fully saturated rings. The number of halogens is 3. The van der Waals surface area contributed by atoms with Gasteiger partial charge in [-0.2, -0.15) is 9.97 Å². The topological polar surface area (TPSA) is 58.1 Å². The zero-order valence-corrected chi connectivity index (χ0v) is 16.6. The molecule has 8 heteroatoms. The summed E-state index contributed by atoms with van der Waals surface area (Å²) in [4.78, 5) is 23.0. The predicted molar refractivity (Wildman–Crippen MR) is 104 cm³/mol. The largest absolute Gasteiger partial charge is 0.336 e. The van der Waals surface area contributed by atoms with Gasteiger partial charge in [0.2, 0.25) is 5.95 Å². The maximum atomic E-state index is 12.5. The number of hydrogen-bond acceptors (Lipinski definition) is 4. The third kappa shape index (κ3) is 4.54. The lowest BCUT2D eigenvalue weighted by atomic mass is 10.2. The van der Waals surface area contributed by atoms with Crippen molar-refractivity contribution in [2.75, 3.05) is 10.2 Å². The summed E-state index contributed by atoms with van der Waals surface area (Å²) in [6.07, 6.45) is 0. The molecule has 0 bridgehead atoms. The molecule has 0 saturated carbocycles. The molecular formula is C17H19Cl3N4O. The van der Waals surface area contributed by atoms with Gasteiger partial charge in [0.05, 0.1) is 10.7 Å². The maximum Gasteiger partial charge on any atom is 0.261 e. The number of aromatic nitrogens is 2. The fourth-order valence-electron chi connectivity index (χ4n) is 2.51. The molecule has 0 aliphatic heterocycles. The first-order valence-corrected chi connectivity index (χ1v) is 8.93. The fraction of sp³-hybridized carbons (Fsp3) is 0.353. The van der Waals surface area contributed by atoms with Gasteiger partial charge in [-0.25, -0.2) is 0 Å². The third-order valence-corrected chi connectivity index (χ3v) is 4.38. The van der Waals surface area contributed by atoms with Crippen LogP contribution in [-0.2, 0) is 0 Å². The van der Waals surface area contributed by atoms with Crippen LogP contribution >= 0.6 is 34.8 Å². The van der Waals surface area contributed by atoms with Crippen LogP contribution in [0.15, 0.2) is 24.3 Å². The Labute approximate surface area is 162 Å². The molecule has 25 heavy (non-hydrogen) atoms. The summed E-state index contributed by atoms with van der Waals surface area (Å²) in [6.45, 7) is 8.07. The van der Waals surface area contributed by atoms with Gasteiger partial charge in [-0.1, -0.05) is 46.9 Å². The molecule has 0 atom stereocenters. The minimum Gasteiger partial charge on any atom is -0.336 e. The lowest BCUT2D eigenvalue weighted by molar-refractivity contribution is 0.102. The molecule has 1 aromatic carbocycles. The van der Waals surface area contributed by atoms with E-state index in [2.05, 4.69) is 15.3 Å². The average Bonchev–Trinajstić information content (AvgIpc) is 2.48. The summed E-state index contributed by atoms with van der Waals surface area (Å²) in [5, 5.41) is 3.06. The summed E-state index contributed by atoms with van der Waals surface area (Å²) in [5.74, 6) is -0.135. The van der Waals surface area contributed by atoms with E-state index in [1.165, 1.54) is 0 Å². The van der Waals surface area contributed by atoms with Gasteiger partial charge in [-0.15, -0.1) is 0 Å². The Hall–Kier alpha value is -1.56. The molecule has 0 radical (unpaired) electrons. The standard InChI is InChI=1S/C17H19Cl3N4O/c1-9(2)24(10(3)4)17-22-14(19)13(15(20)23-17)16(25)21-12-8-6-5-7-11(12)18/h5-10H,1-4H3,(H,21,25). The minimum atomic E-state index is -0.518. The van der Waals surface area contributed by atoms with Crippen LogP contribution < -0.4 is 10.2 Å². The van der Waals surface area contributed by atoms with Gasteiger partial charge >= 0.3 is 0 Å². The van der Waals surface area contributed by atoms with Gasteiger partial charge in [-0.3, -0.25) is 4.79 Å². The first-order valence-electron chi connectivity index (χ1n) is 7.79. The number of nitrogens with zero attached hydrogens (tertiary/aromatic N) is 3. The predicted octanol–water partition coefficient (Wildman–Crippen LogP) is 5.31. The maximum absolute atomic E-state index is 12.5. The summed E-state index contributed by atoms with van der Waals surface area (Å²) in [5.41, 5.74) is 0.468. The van der Waals surface area contributed by atoms with Crippen molar-refractivity contribution in [2.24, 2.45) is 0 Å². The van der Waals surface area contributed by atoms with Gasteiger partial charge in [-0.05, 0) is 39.8 Å². The molecule has 0 aliphatic rings. The second-order valence-corrected chi connectivity index (χ2v) is 7.13. The molecule has 0 saturated heterocycles. The van der Waals surface area contributed by atoms with Crippen LogP contribution in [0.3, 0.4) is 0 Å². The molecule has 0 unspecified atom stereocenters. The van der Waals surface area contributed by atoms with Crippen LogP contribution in [0.25, 0.3) is 0 Å². The van der Waals surface area contributed by atoms with Gasteiger partial charge in [0.1, 0.15) is 15.9 Å². The van der Waals surface area contributed by atoms with Crippen molar-refractivity contribution in [2.45, 2.75) is 39.8 Å². The van der Waals surface area contributed by atoms with Crippen LogP contribution in [0, 0.1) is 0 Å². The van der Waals surface area contributed by atoms with Crippen LogP contribution in [0.2, 0.25) is 15.3 Å². The Balaban J connectivity index is 2.37. The lowest BCUT2D eigenvalue weighted by Gasteiger charge is -2.31. The molecule has 2 aromatic rings. The van der Waals surface area contributed by atoms with Crippen LogP contribution in [0.5, 0.6) is 0 Å². The van der Waals surface area contributed by atoms with Crippen LogP contribution in [0.1, 0.15) is 38.1 Å². The van der Waals surface area contributed by atoms with Crippen molar-refractivity contribution < 1.29 is 4.79 Å². The first kappa shape index (κ1) is 19.8. The van der Waals surface area contributed by atoms with E-state index >= 15 is 0 Å². The summed E-state index contributed by atoms with van der Waals surface area (Å²) in [7, 11) is 0. The number of hydrogen-bond donors (Lipinski definition) is 1. The van der Waals surface area contributed by atoms with E-state index in [9.17, 15) is 4.79 Å². The number of benzene rings is 1. The molecular weight excluding hydrogens is 383 g/mol. The smallest absolute Gasteiger partial charge is 0.261 e. The number of rotatable bonds is 5. The molecule has 1 amide bonds. The zero-order chi connectivity index (χ0) is 18.7. The number of anilines is 2. The Morgan fingerprint density at radius 3 is 2.00 bits per heavy atom. The van der Waals surface area contributed by atoms with Crippen molar-refractivity contribution >= 4 is 52.3 Å². The highest BCUT2D eigenvalue weighted by atomic mass is 35.5. The summed E-state index contributed by atoms with van der Waals surface area (Å²) < 4.78 is 0. The number of nitrogens with one attached hydrogen (secondary N) is 1. The Bertz CT molecular complexity index is 749. The average molecular weight is 402 g/mol. The molecule has 5 nitrogen and oxygen atoms in total. The minimum absolute atomic E-state index is 0.00847. The van der Waals surface area contributed by atoms with Gasteiger partial charge < -0.3 is 10.2 Å². The SMILES string of the molecule is CC(C)N(c1nc(Cl)c(C(=O)Nc2ccccc2Cl)c(Cl)n1)C(C)C. The Morgan fingerprint density at radius 1 is 1.00 bits per heavy atom. The molecule has 134 valence electrons. The molecule has 0 aliphatic carbocycles. The molecule has 1 heterocycles. The number of para-hydroxylation sites is 1. The lowest BCUT2D eigenvalue weighted by Crippen LogP contribution is -2.38. The van der Waals surface area contributed by atoms with Gasteiger partial charge in [0.15, 0.2) is 0 Å². The number of amides is 1. The summed E-state index contributed by atoms with van der Waals surface area (Å²) >= 11 is 18.5. The van der Waals surface area contributed by atoms with E-state index in [0.29, 0.717) is 16.7 Å². The highest BCUT2D eigenvalue weighted by Crippen LogP contribution is 2.28. The number of carbonyl (C=O) groups is 1. The fourth-order valence-corrected chi connectivity index (χ4v) is 3.24. The van der Waals surface area contributed by atoms with Crippen molar-refractivity contribution in [1.29, 1.82) is 0 Å². The van der Waals surface area contributed by atoms with E-state index in [4.69, 9.17) is 34.8 Å². The van der Waals surface area contributed by atoms with E-state index in [1.54, 1.807) is 24.3 Å². The molecule has 1 aromatic heterocycles. The second kappa shape index (κ2) is 8.21. The van der Waals surface area contributed by atoms with Crippen LogP contribution in [-0.4, -0.2) is 28.0 Å². The van der Waals surface area contributed by atoms with Gasteiger partial charge in [0, 0.05) is 12.1 Å². The van der Waals surface area contributed by atoms with Crippen LogP contribution in [0.4, 0.5) is 11.6 Å². The zero-order valence-electron chi connectivity index (χ0n) is 14.3. The highest BCUT2D eigenvalue weighted by Gasteiger charge is 2.24. The summed E-state index contributed by atoms with van der Waals surface area (Å²) in [6, 6.07) is 7.17. The first-order chi connectivity index (χ1) is 11.7. The number of carbonyl (C=O) groups excluding carboxylic acids is 1. The Kier molecular flexibility index (Phi) is 6.49. The molecule has 1 N–H and O–H groups in total. The van der Waals surface area contributed by atoms with Crippen molar-refractivity contribution in [3.05, 3.63) is 45.2 Å². The van der Waals surface area contributed by atoms with Crippen molar-refractivity contribution in [3.8, 4) is 0 Å². The second-order valence-electron chi connectivity index (χ2n) is 6.01. The third-order valence-electron chi connectivity index (χ3n) is 3.50. The van der Waals surface area contributed by atoms with E-state index in [0.717, 1.165) is 0 Å². The molecule has 0 spiro atoms. The molecule has 2 rings (SSSR count). The highest BCUT2D eigenvalue weighted by molar-refractivity contribution is 6.39. The van der Waals surface area contributed by atoms with Gasteiger partial charge in [0.25, 0.3) is 5.91 Å². The quantitative estimate of drug-likeness (QED) is 0.690. The van der Waals surface area contributed by atoms with E-state index < -0.39 is 5.91 Å². The van der Waals surface area contributed by atoms with E-state index in [1.807, 2.05) is 32.6 Å². The monoisotopic (exact) mass is 400 g/mol. The van der Waals surface area contributed by atoms with Crippen molar-refractivity contribution in [3.63, 3.8) is 0 Å². The van der Waals surface area contributed by atoms with Crippen molar-refractivity contribution in [1.82, 2.24) is 9.97 Å². The van der Waals surface area contributed by atoms with E-state index in [-0.39, 0.29) is 28.0 Å². The normalized spacial score (nSPS) is 11.1. The Morgan fingerprint density at radius 2 is 1.52 bits per heavy atom.